The second kappa shape index (κ2) is 8.48. The predicted molar refractivity (Wildman–Crippen MR) is 75.1 cm³/mol. The third kappa shape index (κ3) is 5.42. The van der Waals surface area contributed by atoms with E-state index in [2.05, 4.69) is 36.5 Å². The molecule has 0 bridgehead atoms. The summed E-state index contributed by atoms with van der Waals surface area (Å²) < 4.78 is 0. The topological polar surface area (TPSA) is 38.0 Å². The van der Waals surface area contributed by atoms with Crippen LogP contribution in [0.15, 0.2) is 24.3 Å². The molecule has 0 atom stereocenters. The van der Waals surface area contributed by atoms with Crippen molar-refractivity contribution in [1.82, 2.24) is 0 Å². The highest BCUT2D eigenvalue weighted by atomic mass is 32.2. The summed E-state index contributed by atoms with van der Waals surface area (Å²) in [6.45, 7) is 3.99. The molecule has 0 saturated carbocycles. The summed E-state index contributed by atoms with van der Waals surface area (Å²) in [5.74, 6) is 2.29. The molecule has 0 aliphatic rings. The molecule has 0 spiro atoms. The van der Waals surface area contributed by atoms with E-state index in [-0.39, 0.29) is 0 Å². The van der Waals surface area contributed by atoms with Gasteiger partial charge in [-0.15, -0.1) is 0 Å². The van der Waals surface area contributed by atoms with E-state index in [1.807, 2.05) is 11.8 Å². The quantitative estimate of drug-likeness (QED) is 0.684. The first-order valence-corrected chi connectivity index (χ1v) is 7.13. The van der Waals surface area contributed by atoms with Crippen LogP contribution in [0.5, 0.6) is 0 Å². The maximum absolute atomic E-state index is 5.44. The number of thioether (sulfide) groups is 1. The minimum Gasteiger partial charge on any atom is -0.385 e. The number of rotatable bonds is 8. The van der Waals surface area contributed by atoms with Crippen LogP contribution in [-0.4, -0.2) is 18.8 Å². The molecule has 90 valence electrons. The first-order valence-electron chi connectivity index (χ1n) is 5.97. The Bertz CT molecular complexity index is 272. The molecule has 0 radical (unpaired) electrons. The van der Waals surface area contributed by atoms with E-state index >= 15 is 0 Å². The number of hydrogen-bond donors (Lipinski definition) is 2. The number of anilines is 1. The fraction of sp³-hybridized carbons (Fsp3) is 0.538. The van der Waals surface area contributed by atoms with Crippen LogP contribution in [0.2, 0.25) is 0 Å². The van der Waals surface area contributed by atoms with Gasteiger partial charge >= 0.3 is 0 Å². The van der Waals surface area contributed by atoms with Gasteiger partial charge in [0.2, 0.25) is 0 Å². The SMILES string of the molecule is CCSCc1ccc(NCCCCN)cc1. The van der Waals surface area contributed by atoms with Crippen LogP contribution in [0, 0.1) is 0 Å². The fourth-order valence-electron chi connectivity index (χ4n) is 1.44. The lowest BCUT2D eigenvalue weighted by atomic mass is 10.2. The fourth-order valence-corrected chi connectivity index (χ4v) is 2.07. The molecule has 0 saturated heterocycles. The molecule has 0 fully saturated rings. The van der Waals surface area contributed by atoms with E-state index in [0.29, 0.717) is 0 Å². The van der Waals surface area contributed by atoms with Crippen LogP contribution < -0.4 is 11.1 Å². The van der Waals surface area contributed by atoms with Gasteiger partial charge in [-0.3, -0.25) is 0 Å². The highest BCUT2D eigenvalue weighted by molar-refractivity contribution is 7.98. The lowest BCUT2D eigenvalue weighted by Crippen LogP contribution is -2.05. The molecule has 3 N–H and O–H groups in total. The van der Waals surface area contributed by atoms with Gasteiger partial charge in [0.25, 0.3) is 0 Å². The Kier molecular flexibility index (Phi) is 7.10. The molecule has 0 amide bonds. The van der Waals surface area contributed by atoms with E-state index in [1.165, 1.54) is 17.0 Å². The van der Waals surface area contributed by atoms with Gasteiger partial charge in [0.05, 0.1) is 0 Å². The molecule has 0 aromatic heterocycles. The lowest BCUT2D eigenvalue weighted by molar-refractivity contribution is 0.774. The molecule has 1 aromatic rings. The first-order chi connectivity index (χ1) is 7.86. The van der Waals surface area contributed by atoms with Crippen molar-refractivity contribution < 1.29 is 0 Å². The van der Waals surface area contributed by atoms with E-state index in [4.69, 9.17) is 5.73 Å². The standard InChI is InChI=1S/C13H22N2S/c1-2-16-11-12-5-7-13(8-6-12)15-10-4-3-9-14/h5-8,15H,2-4,9-11,14H2,1H3. The number of hydrogen-bond acceptors (Lipinski definition) is 3. The number of nitrogens with one attached hydrogen (secondary N) is 1. The van der Waals surface area contributed by atoms with Crippen molar-refractivity contribution in [3.63, 3.8) is 0 Å². The molecule has 3 heteroatoms. The van der Waals surface area contributed by atoms with Crippen molar-refractivity contribution in [2.24, 2.45) is 5.73 Å². The van der Waals surface area contributed by atoms with Gasteiger partial charge in [-0.1, -0.05) is 19.1 Å². The van der Waals surface area contributed by atoms with Crippen LogP contribution in [0.1, 0.15) is 25.3 Å². The molecule has 0 aliphatic carbocycles. The van der Waals surface area contributed by atoms with Crippen LogP contribution in [0.3, 0.4) is 0 Å². The zero-order valence-electron chi connectivity index (χ0n) is 10.0. The van der Waals surface area contributed by atoms with Crippen LogP contribution in [-0.2, 0) is 5.75 Å². The summed E-state index contributed by atoms with van der Waals surface area (Å²) in [4.78, 5) is 0. The third-order valence-corrected chi connectivity index (χ3v) is 3.33. The first kappa shape index (κ1) is 13.4. The average Bonchev–Trinajstić information content (AvgIpc) is 2.33. The maximum atomic E-state index is 5.44. The Morgan fingerprint density at radius 2 is 1.94 bits per heavy atom. The third-order valence-electron chi connectivity index (χ3n) is 2.39. The van der Waals surface area contributed by atoms with Gasteiger partial charge in [-0.2, -0.15) is 11.8 Å². The van der Waals surface area contributed by atoms with Crippen molar-refractivity contribution in [2.75, 3.05) is 24.2 Å². The summed E-state index contributed by atoms with van der Waals surface area (Å²) in [6, 6.07) is 8.73. The number of unbranched alkanes of at least 4 members (excludes halogenated alkanes) is 1. The highest BCUT2D eigenvalue weighted by Gasteiger charge is 1.94. The Morgan fingerprint density at radius 3 is 2.56 bits per heavy atom. The Balaban J connectivity index is 2.27. The average molecular weight is 238 g/mol. The van der Waals surface area contributed by atoms with Gasteiger partial charge in [0, 0.05) is 18.0 Å². The minimum absolute atomic E-state index is 0.787. The highest BCUT2D eigenvalue weighted by Crippen LogP contribution is 2.15. The van der Waals surface area contributed by atoms with Crippen molar-refractivity contribution in [1.29, 1.82) is 0 Å². The smallest absolute Gasteiger partial charge is 0.0340 e. The Hall–Kier alpha value is -0.670. The summed E-state index contributed by atoms with van der Waals surface area (Å²) >= 11 is 1.96. The van der Waals surface area contributed by atoms with Crippen molar-refractivity contribution in [3.05, 3.63) is 29.8 Å². The van der Waals surface area contributed by atoms with Crippen molar-refractivity contribution in [3.8, 4) is 0 Å². The van der Waals surface area contributed by atoms with E-state index in [0.717, 1.165) is 31.7 Å². The van der Waals surface area contributed by atoms with Crippen molar-refractivity contribution >= 4 is 17.4 Å². The Morgan fingerprint density at radius 1 is 1.19 bits per heavy atom. The molecule has 1 aromatic carbocycles. The molecule has 0 unspecified atom stereocenters. The Labute approximate surface area is 103 Å². The second-order valence-corrected chi connectivity index (χ2v) is 5.03. The monoisotopic (exact) mass is 238 g/mol. The van der Waals surface area contributed by atoms with E-state index in [9.17, 15) is 0 Å². The van der Waals surface area contributed by atoms with Gasteiger partial charge < -0.3 is 11.1 Å². The molecule has 0 heterocycles. The van der Waals surface area contributed by atoms with Gasteiger partial charge in [-0.25, -0.2) is 0 Å². The molecule has 0 aliphatic heterocycles. The summed E-state index contributed by atoms with van der Waals surface area (Å²) in [6.07, 6.45) is 2.24. The summed E-state index contributed by atoms with van der Waals surface area (Å²) in [7, 11) is 0. The molecule has 16 heavy (non-hydrogen) atoms. The molecular weight excluding hydrogens is 216 g/mol. The normalized spacial score (nSPS) is 10.4. The lowest BCUT2D eigenvalue weighted by Gasteiger charge is -2.06. The van der Waals surface area contributed by atoms with Gasteiger partial charge in [0.15, 0.2) is 0 Å². The number of nitrogens with two attached hydrogens (primary N) is 1. The van der Waals surface area contributed by atoms with E-state index < -0.39 is 0 Å². The molecule has 2 nitrogen and oxygen atoms in total. The maximum Gasteiger partial charge on any atom is 0.0340 e. The zero-order valence-corrected chi connectivity index (χ0v) is 10.9. The zero-order chi connectivity index (χ0) is 11.6. The molecular formula is C13H22N2S. The van der Waals surface area contributed by atoms with Crippen molar-refractivity contribution in [2.45, 2.75) is 25.5 Å². The predicted octanol–water partition coefficient (Wildman–Crippen LogP) is 3.09. The minimum atomic E-state index is 0.787. The number of benzene rings is 1. The summed E-state index contributed by atoms with van der Waals surface area (Å²) in [5, 5.41) is 3.40. The van der Waals surface area contributed by atoms with E-state index in [1.54, 1.807) is 0 Å². The van der Waals surface area contributed by atoms with Crippen LogP contribution in [0.4, 0.5) is 5.69 Å². The van der Waals surface area contributed by atoms with Crippen LogP contribution >= 0.6 is 11.8 Å². The largest absolute Gasteiger partial charge is 0.385 e. The van der Waals surface area contributed by atoms with Gasteiger partial charge in [-0.05, 0) is 42.8 Å². The second-order valence-electron chi connectivity index (χ2n) is 3.76. The van der Waals surface area contributed by atoms with Gasteiger partial charge in [0.1, 0.15) is 0 Å². The van der Waals surface area contributed by atoms with Crippen LogP contribution in [0.25, 0.3) is 0 Å². The summed E-state index contributed by atoms with van der Waals surface area (Å²) in [5.41, 5.74) is 8.06. The molecule has 1 rings (SSSR count).